The van der Waals surface area contributed by atoms with Crippen LogP contribution in [0.2, 0.25) is 0 Å². The highest BCUT2D eigenvalue weighted by Crippen LogP contribution is 2.12. The Morgan fingerprint density at radius 2 is 2.09 bits per heavy atom. The van der Waals surface area contributed by atoms with E-state index in [9.17, 15) is 14.3 Å². The van der Waals surface area contributed by atoms with Crippen LogP contribution in [0.25, 0.3) is 0 Å². The van der Waals surface area contributed by atoms with Gasteiger partial charge in [0.25, 0.3) is 0 Å². The van der Waals surface area contributed by atoms with Gasteiger partial charge in [0.05, 0.1) is 19.1 Å². The van der Waals surface area contributed by atoms with Crippen molar-refractivity contribution in [2.75, 3.05) is 39.3 Å². The number of nitrogens with zero attached hydrogens (tertiary/aromatic N) is 2. The monoisotopic (exact) mass is 324 g/mol. The minimum atomic E-state index is -0.348. The van der Waals surface area contributed by atoms with Crippen LogP contribution in [-0.4, -0.2) is 66.2 Å². The fourth-order valence-electron chi connectivity index (χ4n) is 2.58. The summed E-state index contributed by atoms with van der Waals surface area (Å²) in [6, 6.07) is 5.91. The second-order valence-corrected chi connectivity index (χ2v) is 5.80. The Morgan fingerprint density at radius 1 is 1.35 bits per heavy atom. The molecule has 1 aliphatic rings. The topological polar surface area (TPSA) is 53.0 Å². The maximum Gasteiger partial charge on any atom is 0.226 e. The second-order valence-electron chi connectivity index (χ2n) is 5.80. The first kappa shape index (κ1) is 17.7. The summed E-state index contributed by atoms with van der Waals surface area (Å²) in [7, 11) is 0. The number of aliphatic hydroxyl groups is 1. The van der Waals surface area contributed by atoms with Gasteiger partial charge in [0, 0.05) is 38.8 Å². The zero-order valence-electron chi connectivity index (χ0n) is 13.6. The third kappa shape index (κ3) is 5.80. The van der Waals surface area contributed by atoms with E-state index in [0.29, 0.717) is 25.4 Å². The Balaban J connectivity index is 1.67. The van der Waals surface area contributed by atoms with Gasteiger partial charge in [0.15, 0.2) is 0 Å². The van der Waals surface area contributed by atoms with Gasteiger partial charge in [-0.25, -0.2) is 4.39 Å². The van der Waals surface area contributed by atoms with Crippen molar-refractivity contribution in [1.29, 1.82) is 0 Å². The number of carbonyl (C=O) groups excluding carboxylic acids is 1. The van der Waals surface area contributed by atoms with Crippen LogP contribution < -0.4 is 4.74 Å². The van der Waals surface area contributed by atoms with Crippen molar-refractivity contribution in [3.63, 3.8) is 0 Å². The van der Waals surface area contributed by atoms with Gasteiger partial charge < -0.3 is 14.7 Å². The third-order valence-electron chi connectivity index (χ3n) is 4.05. The number of ether oxygens (including phenoxy) is 1. The van der Waals surface area contributed by atoms with Gasteiger partial charge in [0.2, 0.25) is 5.91 Å². The van der Waals surface area contributed by atoms with E-state index in [1.807, 2.05) is 11.8 Å². The lowest BCUT2D eigenvalue weighted by Crippen LogP contribution is -2.50. The van der Waals surface area contributed by atoms with E-state index < -0.39 is 0 Å². The number of β-amino-alcohol motifs (C(OH)–C–C–N with tert-alkyl or cyclic N) is 1. The summed E-state index contributed by atoms with van der Waals surface area (Å²) in [5, 5.41) is 9.66. The summed E-state index contributed by atoms with van der Waals surface area (Å²) in [5.74, 6) is 0.146. The summed E-state index contributed by atoms with van der Waals surface area (Å²) >= 11 is 0. The molecule has 0 radical (unpaired) electrons. The summed E-state index contributed by atoms with van der Waals surface area (Å²) in [4.78, 5) is 16.1. The molecule has 1 fully saturated rings. The molecule has 0 spiro atoms. The number of piperazine rings is 1. The van der Waals surface area contributed by atoms with Crippen molar-refractivity contribution < 1.29 is 19.0 Å². The zero-order chi connectivity index (χ0) is 16.7. The summed E-state index contributed by atoms with van der Waals surface area (Å²) < 4.78 is 18.4. The number of hydrogen-bond donors (Lipinski definition) is 1. The fourth-order valence-corrected chi connectivity index (χ4v) is 2.58. The number of aliphatic hydroxyl groups excluding tert-OH is 1. The fraction of sp³-hybridized carbons (Fsp3) is 0.588. The maximum atomic E-state index is 13.0. The number of halogens is 1. The maximum absolute atomic E-state index is 13.0. The molecule has 1 aliphatic heterocycles. The lowest BCUT2D eigenvalue weighted by atomic mass is 10.2. The molecule has 5 nitrogen and oxygen atoms in total. The van der Waals surface area contributed by atoms with E-state index in [2.05, 4.69) is 4.90 Å². The molecule has 1 amide bonds. The Morgan fingerprint density at radius 3 is 2.74 bits per heavy atom. The summed E-state index contributed by atoms with van der Waals surface area (Å²) in [5.41, 5.74) is 0. The summed E-state index contributed by atoms with van der Waals surface area (Å²) in [6.07, 6.45) is 0.738. The number of amides is 1. The molecule has 1 unspecified atom stereocenters. The number of benzene rings is 1. The van der Waals surface area contributed by atoms with Crippen LogP contribution in [0.5, 0.6) is 5.75 Å². The Bertz CT molecular complexity index is 504. The highest BCUT2D eigenvalue weighted by molar-refractivity contribution is 5.76. The average Bonchev–Trinajstić information content (AvgIpc) is 2.55. The molecule has 23 heavy (non-hydrogen) atoms. The Labute approximate surface area is 136 Å². The molecule has 0 aromatic heterocycles. The minimum Gasteiger partial charge on any atom is -0.493 e. The Hall–Kier alpha value is -1.66. The van der Waals surface area contributed by atoms with Crippen LogP contribution in [-0.2, 0) is 4.79 Å². The molecule has 1 N–H and O–H groups in total. The molecule has 1 saturated heterocycles. The van der Waals surface area contributed by atoms with Gasteiger partial charge in [-0.05, 0) is 18.6 Å². The van der Waals surface area contributed by atoms with Crippen LogP contribution in [0.1, 0.15) is 19.8 Å². The second kappa shape index (κ2) is 8.84. The van der Waals surface area contributed by atoms with E-state index in [1.165, 1.54) is 12.1 Å². The third-order valence-corrected chi connectivity index (χ3v) is 4.05. The van der Waals surface area contributed by atoms with E-state index >= 15 is 0 Å². The van der Waals surface area contributed by atoms with Gasteiger partial charge in [0.1, 0.15) is 11.6 Å². The van der Waals surface area contributed by atoms with Crippen molar-refractivity contribution in [2.24, 2.45) is 0 Å². The molecule has 1 heterocycles. The molecule has 0 bridgehead atoms. The number of rotatable bonds is 7. The molecule has 6 heteroatoms. The number of carbonyl (C=O) groups is 1. The SMILES string of the molecule is CCC(O)CN1CCN(C(=O)CCOc2cccc(F)c2)CC1. The van der Waals surface area contributed by atoms with Crippen molar-refractivity contribution in [3.8, 4) is 5.75 Å². The van der Waals surface area contributed by atoms with Crippen LogP contribution in [0.4, 0.5) is 4.39 Å². The zero-order valence-corrected chi connectivity index (χ0v) is 13.6. The predicted molar refractivity (Wildman–Crippen MR) is 85.8 cm³/mol. The summed E-state index contributed by atoms with van der Waals surface area (Å²) in [6.45, 7) is 5.80. The molecule has 128 valence electrons. The molecule has 1 atom stereocenters. The Kier molecular flexibility index (Phi) is 6.80. The first-order valence-electron chi connectivity index (χ1n) is 8.15. The lowest BCUT2D eigenvalue weighted by Gasteiger charge is -2.35. The van der Waals surface area contributed by atoms with Gasteiger partial charge in [-0.15, -0.1) is 0 Å². The van der Waals surface area contributed by atoms with Crippen molar-refractivity contribution in [1.82, 2.24) is 9.80 Å². The first-order valence-corrected chi connectivity index (χ1v) is 8.15. The molecule has 2 rings (SSSR count). The standard InChI is InChI=1S/C17H25FN2O3/c1-2-15(21)13-19-7-9-20(10-8-19)17(22)6-11-23-16-5-3-4-14(18)12-16/h3-5,12,15,21H,2,6-11,13H2,1H3. The van der Waals surface area contributed by atoms with Gasteiger partial charge in [-0.1, -0.05) is 13.0 Å². The van der Waals surface area contributed by atoms with E-state index in [1.54, 1.807) is 12.1 Å². The van der Waals surface area contributed by atoms with E-state index in [4.69, 9.17) is 4.74 Å². The minimum absolute atomic E-state index is 0.0529. The van der Waals surface area contributed by atoms with Crippen molar-refractivity contribution >= 4 is 5.91 Å². The van der Waals surface area contributed by atoms with Gasteiger partial charge in [-0.3, -0.25) is 9.69 Å². The van der Waals surface area contributed by atoms with E-state index in [-0.39, 0.29) is 30.9 Å². The van der Waals surface area contributed by atoms with Gasteiger partial charge in [-0.2, -0.15) is 0 Å². The molecular weight excluding hydrogens is 299 g/mol. The molecule has 0 aliphatic carbocycles. The van der Waals surface area contributed by atoms with Crippen molar-refractivity contribution in [2.45, 2.75) is 25.9 Å². The molecule has 1 aromatic rings. The first-order chi connectivity index (χ1) is 11.1. The lowest BCUT2D eigenvalue weighted by molar-refractivity contribution is -0.133. The van der Waals surface area contributed by atoms with Crippen molar-refractivity contribution in [3.05, 3.63) is 30.1 Å². The van der Waals surface area contributed by atoms with Crippen LogP contribution in [0.15, 0.2) is 24.3 Å². The molecular formula is C17H25FN2O3. The largest absolute Gasteiger partial charge is 0.493 e. The highest BCUT2D eigenvalue weighted by Gasteiger charge is 2.21. The smallest absolute Gasteiger partial charge is 0.226 e. The predicted octanol–water partition coefficient (Wildman–Crippen LogP) is 1.51. The number of hydrogen-bond acceptors (Lipinski definition) is 4. The van der Waals surface area contributed by atoms with Gasteiger partial charge >= 0.3 is 0 Å². The highest BCUT2D eigenvalue weighted by atomic mass is 19.1. The molecule has 1 aromatic carbocycles. The average molecular weight is 324 g/mol. The van der Waals surface area contributed by atoms with Crippen LogP contribution >= 0.6 is 0 Å². The molecule has 0 saturated carbocycles. The van der Waals surface area contributed by atoms with Crippen LogP contribution in [0.3, 0.4) is 0 Å². The quantitative estimate of drug-likeness (QED) is 0.826. The van der Waals surface area contributed by atoms with Crippen LogP contribution in [0, 0.1) is 5.82 Å². The normalized spacial score (nSPS) is 17.1. The van der Waals surface area contributed by atoms with E-state index in [0.717, 1.165) is 19.5 Å².